The van der Waals surface area contributed by atoms with Gasteiger partial charge in [0.25, 0.3) is 0 Å². The molecule has 0 amide bonds. The highest BCUT2D eigenvalue weighted by Gasteiger charge is 2.12. The van der Waals surface area contributed by atoms with E-state index in [0.717, 1.165) is 4.79 Å². The number of halogens is 1. The Morgan fingerprint density at radius 3 is 3.00 bits per heavy atom. The van der Waals surface area contributed by atoms with Gasteiger partial charge >= 0.3 is 0 Å². The number of nitrogens with two attached hydrogens (primary N) is 1. The molecule has 0 aromatic carbocycles. The minimum Gasteiger partial charge on any atom is -0.321 e. The minimum atomic E-state index is -0.357. The normalized spacial score (nSPS) is 10.9. The summed E-state index contributed by atoms with van der Waals surface area (Å²) in [5.74, 6) is 5.45. The topological polar surface area (TPSA) is 89.6 Å². The standard InChI is InChI=1S/C6H6ClN5O/c1-2-3-4(13)5(7)9-10-6(3)12(8)11-2/h8H2,1H3,(H,10,13). The van der Waals surface area contributed by atoms with Crippen molar-refractivity contribution in [3.05, 3.63) is 21.1 Å². The number of aromatic nitrogens is 4. The SMILES string of the molecule is Cc1nn(N)c2[nH]nc(Cl)c(=O)c12. The lowest BCUT2D eigenvalue weighted by atomic mass is 10.3. The molecular formula is C6H6ClN5O. The first-order chi connectivity index (χ1) is 6.11. The third kappa shape index (κ3) is 0.988. The highest BCUT2D eigenvalue weighted by atomic mass is 35.5. The third-order valence-corrected chi connectivity index (χ3v) is 2.02. The van der Waals surface area contributed by atoms with Crippen LogP contribution in [0.2, 0.25) is 5.15 Å². The minimum absolute atomic E-state index is 0.108. The van der Waals surface area contributed by atoms with Crippen LogP contribution in [0.25, 0.3) is 11.0 Å². The monoisotopic (exact) mass is 199 g/mol. The fraction of sp³-hybridized carbons (Fsp3) is 0.167. The number of hydrogen-bond acceptors (Lipinski definition) is 4. The van der Waals surface area contributed by atoms with Crippen molar-refractivity contribution in [2.45, 2.75) is 6.92 Å². The van der Waals surface area contributed by atoms with Gasteiger partial charge in [-0.2, -0.15) is 15.0 Å². The van der Waals surface area contributed by atoms with Gasteiger partial charge in [-0.1, -0.05) is 11.6 Å². The van der Waals surface area contributed by atoms with Crippen molar-refractivity contribution >= 4 is 22.6 Å². The third-order valence-electron chi connectivity index (χ3n) is 1.76. The van der Waals surface area contributed by atoms with Gasteiger partial charge in [0.1, 0.15) is 0 Å². The van der Waals surface area contributed by atoms with Gasteiger partial charge in [-0.3, -0.25) is 9.89 Å². The molecule has 13 heavy (non-hydrogen) atoms. The summed E-state index contributed by atoms with van der Waals surface area (Å²) in [5, 5.41) is 10.2. The highest BCUT2D eigenvalue weighted by molar-refractivity contribution is 6.29. The van der Waals surface area contributed by atoms with Crippen LogP contribution < -0.4 is 11.3 Å². The lowest BCUT2D eigenvalue weighted by Gasteiger charge is -1.92. The Morgan fingerprint density at radius 1 is 1.62 bits per heavy atom. The van der Waals surface area contributed by atoms with Crippen LogP contribution in [0, 0.1) is 6.92 Å². The summed E-state index contributed by atoms with van der Waals surface area (Å²) in [6, 6.07) is 0. The average molecular weight is 200 g/mol. The van der Waals surface area contributed by atoms with Crippen LogP contribution >= 0.6 is 11.6 Å². The van der Waals surface area contributed by atoms with Crippen LogP contribution in [0.3, 0.4) is 0 Å². The molecule has 0 atom stereocenters. The second-order valence-corrected chi connectivity index (χ2v) is 2.96. The maximum Gasteiger partial charge on any atom is 0.230 e. The Kier molecular flexibility index (Phi) is 1.53. The van der Waals surface area contributed by atoms with E-state index in [-0.39, 0.29) is 10.6 Å². The largest absolute Gasteiger partial charge is 0.321 e. The first-order valence-electron chi connectivity index (χ1n) is 3.50. The van der Waals surface area contributed by atoms with Gasteiger partial charge in [0.2, 0.25) is 5.43 Å². The Hall–Kier alpha value is -1.56. The predicted octanol–water partition coefficient (Wildman–Crippen LogP) is -0.205. The Balaban J connectivity index is 3.08. The zero-order valence-electron chi connectivity index (χ0n) is 6.71. The van der Waals surface area contributed by atoms with E-state index in [1.165, 1.54) is 0 Å². The molecule has 0 fully saturated rings. The maximum absolute atomic E-state index is 11.4. The molecule has 0 aliphatic rings. The van der Waals surface area contributed by atoms with E-state index in [9.17, 15) is 4.79 Å². The number of nitrogens with one attached hydrogen (secondary N) is 1. The van der Waals surface area contributed by atoms with Crippen LogP contribution in [0.5, 0.6) is 0 Å². The molecule has 0 radical (unpaired) electrons. The molecule has 2 heterocycles. The number of hydrogen-bond donors (Lipinski definition) is 2. The summed E-state index contributed by atoms with van der Waals surface area (Å²) in [7, 11) is 0. The van der Waals surface area contributed by atoms with E-state index in [0.29, 0.717) is 16.7 Å². The zero-order chi connectivity index (χ0) is 9.59. The van der Waals surface area contributed by atoms with Crippen molar-refractivity contribution in [1.29, 1.82) is 0 Å². The number of nitrogens with zero attached hydrogens (tertiary/aromatic N) is 3. The molecule has 0 aliphatic carbocycles. The lowest BCUT2D eigenvalue weighted by Crippen LogP contribution is -2.13. The van der Waals surface area contributed by atoms with E-state index in [1.807, 2.05) is 0 Å². The molecule has 0 spiro atoms. The van der Waals surface area contributed by atoms with E-state index < -0.39 is 0 Å². The summed E-state index contributed by atoms with van der Waals surface area (Å²) >= 11 is 5.54. The first-order valence-corrected chi connectivity index (χ1v) is 3.87. The fourth-order valence-electron chi connectivity index (χ4n) is 1.18. The maximum atomic E-state index is 11.4. The van der Waals surface area contributed by atoms with Gasteiger partial charge in [0, 0.05) is 0 Å². The summed E-state index contributed by atoms with van der Waals surface area (Å²) in [6.07, 6.45) is 0. The van der Waals surface area contributed by atoms with Gasteiger partial charge in [-0.25, -0.2) is 0 Å². The van der Waals surface area contributed by atoms with Crippen molar-refractivity contribution in [2.24, 2.45) is 0 Å². The molecular weight excluding hydrogens is 194 g/mol. The van der Waals surface area contributed by atoms with E-state index in [1.54, 1.807) is 6.92 Å². The van der Waals surface area contributed by atoms with Crippen molar-refractivity contribution in [1.82, 2.24) is 20.1 Å². The van der Waals surface area contributed by atoms with Gasteiger partial charge in [-0.05, 0) is 6.92 Å². The molecule has 0 bridgehead atoms. The fourth-order valence-corrected chi connectivity index (χ4v) is 1.32. The molecule has 0 saturated carbocycles. The number of nitrogen functional groups attached to an aromatic ring is 1. The van der Waals surface area contributed by atoms with Crippen LogP contribution in [-0.2, 0) is 0 Å². The second-order valence-electron chi connectivity index (χ2n) is 2.60. The van der Waals surface area contributed by atoms with Crippen molar-refractivity contribution in [3.63, 3.8) is 0 Å². The molecule has 2 aromatic heterocycles. The number of fused-ring (bicyclic) bond motifs is 1. The van der Waals surface area contributed by atoms with Gasteiger partial charge in [0.15, 0.2) is 10.8 Å². The quantitative estimate of drug-likeness (QED) is 0.575. The summed E-state index contributed by atoms with van der Waals surface area (Å²) in [5.41, 5.74) is 0.541. The van der Waals surface area contributed by atoms with Crippen LogP contribution in [0.15, 0.2) is 4.79 Å². The Morgan fingerprint density at radius 2 is 2.31 bits per heavy atom. The number of aryl methyl sites for hydroxylation is 1. The van der Waals surface area contributed by atoms with E-state index >= 15 is 0 Å². The second kappa shape index (κ2) is 2.46. The van der Waals surface area contributed by atoms with Gasteiger partial charge in [0.05, 0.1) is 11.1 Å². The number of H-pyrrole nitrogens is 1. The van der Waals surface area contributed by atoms with Gasteiger partial charge < -0.3 is 5.84 Å². The van der Waals surface area contributed by atoms with E-state index in [2.05, 4.69) is 15.3 Å². The van der Waals surface area contributed by atoms with E-state index in [4.69, 9.17) is 17.4 Å². The molecule has 0 saturated heterocycles. The number of rotatable bonds is 0. The highest BCUT2D eigenvalue weighted by Crippen LogP contribution is 2.10. The lowest BCUT2D eigenvalue weighted by molar-refractivity contribution is 0.823. The predicted molar refractivity (Wildman–Crippen MR) is 48.0 cm³/mol. The summed E-state index contributed by atoms with van der Waals surface area (Å²) in [4.78, 5) is 12.5. The molecule has 7 heteroatoms. The molecule has 6 nitrogen and oxygen atoms in total. The molecule has 2 rings (SSSR count). The summed E-state index contributed by atoms with van der Waals surface area (Å²) in [6.45, 7) is 1.68. The number of aromatic amines is 1. The molecule has 68 valence electrons. The van der Waals surface area contributed by atoms with Crippen molar-refractivity contribution in [2.75, 3.05) is 5.84 Å². The molecule has 3 N–H and O–H groups in total. The van der Waals surface area contributed by atoms with Crippen molar-refractivity contribution < 1.29 is 0 Å². The van der Waals surface area contributed by atoms with Crippen molar-refractivity contribution in [3.8, 4) is 0 Å². The van der Waals surface area contributed by atoms with Crippen LogP contribution in [0.4, 0.5) is 0 Å². The Bertz CT molecular complexity index is 528. The summed E-state index contributed by atoms with van der Waals surface area (Å²) < 4.78 is 0. The molecule has 0 unspecified atom stereocenters. The zero-order valence-corrected chi connectivity index (χ0v) is 7.46. The van der Waals surface area contributed by atoms with Crippen LogP contribution in [0.1, 0.15) is 5.69 Å². The Labute approximate surface area is 77.3 Å². The van der Waals surface area contributed by atoms with Gasteiger partial charge in [-0.15, -0.1) is 0 Å². The smallest absolute Gasteiger partial charge is 0.230 e. The molecule has 0 aliphatic heterocycles. The molecule has 2 aromatic rings. The average Bonchev–Trinajstić information content (AvgIpc) is 2.35. The van der Waals surface area contributed by atoms with Crippen LogP contribution in [-0.4, -0.2) is 20.1 Å². The first kappa shape index (κ1) is 8.06.